The van der Waals surface area contributed by atoms with Crippen LogP contribution in [0.2, 0.25) is 0 Å². The first kappa shape index (κ1) is 9.12. The Labute approximate surface area is 74.6 Å². The van der Waals surface area contributed by atoms with Crippen LogP contribution >= 0.6 is 11.6 Å². The van der Waals surface area contributed by atoms with Gasteiger partial charge in [-0.2, -0.15) is 0 Å². The van der Waals surface area contributed by atoms with E-state index in [9.17, 15) is 0 Å². The summed E-state index contributed by atoms with van der Waals surface area (Å²) in [6.45, 7) is 2.35. The summed E-state index contributed by atoms with van der Waals surface area (Å²) in [6, 6.07) is 0. The van der Waals surface area contributed by atoms with Crippen LogP contribution in [-0.4, -0.2) is 5.88 Å². The fourth-order valence-corrected chi connectivity index (χ4v) is 1.70. The third kappa shape index (κ3) is 3.29. The number of halogens is 1. The summed E-state index contributed by atoms with van der Waals surface area (Å²) in [4.78, 5) is 0. The van der Waals surface area contributed by atoms with Crippen molar-refractivity contribution in [2.24, 2.45) is 5.92 Å². The highest BCUT2D eigenvalue weighted by atomic mass is 35.5. The summed E-state index contributed by atoms with van der Waals surface area (Å²) in [5.41, 5.74) is 1.64. The average molecular weight is 173 g/mol. The molecule has 1 fully saturated rings. The minimum atomic E-state index is 0.777. The summed E-state index contributed by atoms with van der Waals surface area (Å²) >= 11 is 5.60. The first-order valence-electron chi connectivity index (χ1n) is 4.57. The second kappa shape index (κ2) is 4.82. The van der Waals surface area contributed by atoms with E-state index in [1.165, 1.54) is 25.7 Å². The fraction of sp³-hybridized carbons (Fsp3) is 0.800. The maximum absolute atomic E-state index is 5.60. The van der Waals surface area contributed by atoms with E-state index in [-0.39, 0.29) is 0 Å². The number of allylic oxidation sites excluding steroid dienone is 2. The highest BCUT2D eigenvalue weighted by molar-refractivity contribution is 6.17. The van der Waals surface area contributed by atoms with Gasteiger partial charge < -0.3 is 0 Å². The van der Waals surface area contributed by atoms with Crippen LogP contribution in [0, 0.1) is 5.92 Å². The maximum Gasteiger partial charge on any atom is 0.0258 e. The van der Waals surface area contributed by atoms with Gasteiger partial charge in [-0.25, -0.2) is 0 Å². The van der Waals surface area contributed by atoms with Gasteiger partial charge in [-0.05, 0) is 38.0 Å². The molecule has 0 heterocycles. The quantitative estimate of drug-likeness (QED) is 0.440. The zero-order valence-corrected chi connectivity index (χ0v) is 8.03. The van der Waals surface area contributed by atoms with Crippen LogP contribution in [0.25, 0.3) is 0 Å². The van der Waals surface area contributed by atoms with Gasteiger partial charge in [-0.15, -0.1) is 11.6 Å². The molecule has 0 atom stereocenters. The minimum absolute atomic E-state index is 0.777. The third-order valence-corrected chi connectivity index (χ3v) is 2.68. The van der Waals surface area contributed by atoms with Gasteiger partial charge in [0.25, 0.3) is 0 Å². The first-order chi connectivity index (χ1) is 5.33. The molecule has 0 aromatic rings. The zero-order valence-electron chi connectivity index (χ0n) is 7.28. The molecule has 1 rings (SSSR count). The van der Waals surface area contributed by atoms with Crippen LogP contribution in [0.15, 0.2) is 11.6 Å². The van der Waals surface area contributed by atoms with E-state index in [1.807, 2.05) is 0 Å². The molecule has 0 saturated heterocycles. The lowest BCUT2D eigenvalue weighted by Crippen LogP contribution is -2.03. The van der Waals surface area contributed by atoms with Crippen LogP contribution in [0.4, 0.5) is 0 Å². The molecule has 0 N–H and O–H groups in total. The van der Waals surface area contributed by atoms with Crippen LogP contribution in [0.1, 0.15) is 39.0 Å². The zero-order chi connectivity index (χ0) is 8.10. The Kier molecular flexibility index (Phi) is 3.99. The highest BCUT2D eigenvalue weighted by Crippen LogP contribution is 2.27. The molecule has 1 saturated carbocycles. The third-order valence-electron chi connectivity index (χ3n) is 2.46. The molecule has 0 unspecified atom stereocenters. The molecule has 1 heteroatoms. The van der Waals surface area contributed by atoms with E-state index in [0.717, 1.165) is 18.2 Å². The normalized spacial score (nSPS) is 25.3. The largest absolute Gasteiger partial charge is 0.126 e. The van der Waals surface area contributed by atoms with Crippen molar-refractivity contribution >= 4 is 11.6 Å². The van der Waals surface area contributed by atoms with E-state index < -0.39 is 0 Å². The van der Waals surface area contributed by atoms with Gasteiger partial charge in [-0.1, -0.05) is 18.6 Å². The summed E-state index contributed by atoms with van der Waals surface area (Å²) in [5.74, 6) is 1.72. The molecular weight excluding hydrogens is 156 g/mol. The predicted molar refractivity (Wildman–Crippen MR) is 51.1 cm³/mol. The first-order valence-corrected chi connectivity index (χ1v) is 5.10. The van der Waals surface area contributed by atoms with Crippen molar-refractivity contribution < 1.29 is 0 Å². The summed E-state index contributed by atoms with van der Waals surface area (Å²) in [5, 5.41) is 0. The number of alkyl halides is 1. The monoisotopic (exact) mass is 172 g/mol. The lowest BCUT2D eigenvalue weighted by molar-refractivity contribution is 0.443. The molecule has 1 aliphatic rings. The Balaban J connectivity index is 2.26. The van der Waals surface area contributed by atoms with Crippen LogP contribution in [0.5, 0.6) is 0 Å². The van der Waals surface area contributed by atoms with Crippen LogP contribution in [-0.2, 0) is 0 Å². The standard InChI is InChI=1S/C10H17Cl/c1-9-4-6-10(7-5-9)3-2-8-11/h3,9H,2,4-8H2,1H3. The Hall–Kier alpha value is 0.0300. The average Bonchev–Trinajstić information content (AvgIpc) is 2.04. The Morgan fingerprint density at radius 2 is 2.09 bits per heavy atom. The summed E-state index contributed by atoms with van der Waals surface area (Å²) in [7, 11) is 0. The van der Waals surface area contributed by atoms with Gasteiger partial charge in [-0.3, -0.25) is 0 Å². The van der Waals surface area contributed by atoms with Gasteiger partial charge in [0.1, 0.15) is 0 Å². The van der Waals surface area contributed by atoms with Crippen LogP contribution < -0.4 is 0 Å². The van der Waals surface area contributed by atoms with Crippen molar-refractivity contribution in [3.63, 3.8) is 0 Å². The van der Waals surface area contributed by atoms with E-state index >= 15 is 0 Å². The Morgan fingerprint density at radius 1 is 1.45 bits per heavy atom. The predicted octanol–water partition coefficient (Wildman–Crippen LogP) is 3.75. The fourth-order valence-electron chi connectivity index (χ4n) is 1.60. The topological polar surface area (TPSA) is 0 Å². The van der Waals surface area contributed by atoms with Gasteiger partial charge in [0.15, 0.2) is 0 Å². The molecule has 0 aliphatic heterocycles. The number of rotatable bonds is 2. The molecule has 0 aromatic heterocycles. The lowest BCUT2D eigenvalue weighted by atomic mass is 9.87. The van der Waals surface area contributed by atoms with Crippen molar-refractivity contribution in [1.29, 1.82) is 0 Å². The molecule has 1 aliphatic carbocycles. The van der Waals surface area contributed by atoms with E-state index in [4.69, 9.17) is 11.6 Å². The number of hydrogen-bond donors (Lipinski definition) is 0. The SMILES string of the molecule is CC1CCC(=CCCCl)CC1. The summed E-state index contributed by atoms with van der Waals surface area (Å²) in [6.07, 6.45) is 8.79. The second-order valence-corrected chi connectivity index (χ2v) is 3.90. The molecule has 0 amide bonds. The smallest absolute Gasteiger partial charge is 0.0258 e. The van der Waals surface area contributed by atoms with Crippen molar-refractivity contribution in [2.45, 2.75) is 39.0 Å². The Bertz CT molecular complexity index is 128. The number of hydrogen-bond acceptors (Lipinski definition) is 0. The van der Waals surface area contributed by atoms with Crippen LogP contribution in [0.3, 0.4) is 0 Å². The summed E-state index contributed by atoms with van der Waals surface area (Å²) < 4.78 is 0. The van der Waals surface area contributed by atoms with Gasteiger partial charge in [0.05, 0.1) is 0 Å². The molecule has 0 bridgehead atoms. The van der Waals surface area contributed by atoms with E-state index in [0.29, 0.717) is 0 Å². The van der Waals surface area contributed by atoms with Gasteiger partial charge >= 0.3 is 0 Å². The lowest BCUT2D eigenvalue weighted by Gasteiger charge is -2.19. The van der Waals surface area contributed by atoms with Gasteiger partial charge in [0, 0.05) is 5.88 Å². The van der Waals surface area contributed by atoms with Crippen molar-refractivity contribution in [3.05, 3.63) is 11.6 Å². The Morgan fingerprint density at radius 3 is 2.64 bits per heavy atom. The highest BCUT2D eigenvalue weighted by Gasteiger charge is 2.10. The van der Waals surface area contributed by atoms with E-state index in [1.54, 1.807) is 5.57 Å². The maximum atomic E-state index is 5.60. The van der Waals surface area contributed by atoms with Crippen molar-refractivity contribution in [1.82, 2.24) is 0 Å². The molecule has 0 spiro atoms. The second-order valence-electron chi connectivity index (χ2n) is 3.52. The van der Waals surface area contributed by atoms with E-state index in [2.05, 4.69) is 13.0 Å². The van der Waals surface area contributed by atoms with Crippen molar-refractivity contribution in [2.75, 3.05) is 5.88 Å². The minimum Gasteiger partial charge on any atom is -0.126 e. The molecular formula is C10H17Cl. The molecule has 0 aromatic carbocycles. The molecule has 0 radical (unpaired) electrons. The van der Waals surface area contributed by atoms with Gasteiger partial charge in [0.2, 0.25) is 0 Å². The molecule has 64 valence electrons. The molecule has 11 heavy (non-hydrogen) atoms. The molecule has 0 nitrogen and oxygen atoms in total. The van der Waals surface area contributed by atoms with Crippen molar-refractivity contribution in [3.8, 4) is 0 Å².